The number of carbonyl (C=O) groups excluding carboxylic acids is 1. The van der Waals surface area contributed by atoms with Crippen LogP contribution in [-0.4, -0.2) is 44.2 Å². The van der Waals surface area contributed by atoms with E-state index in [0.29, 0.717) is 12.0 Å². The third kappa shape index (κ3) is 1.72. The molecule has 1 spiro atoms. The molecule has 1 aromatic rings. The molecule has 3 heterocycles. The normalized spacial score (nSPS) is 34.2. The number of hydrogen-bond donors (Lipinski definition) is 1. The number of nitrogens with zero attached hydrogens (tertiary/aromatic N) is 1. The lowest BCUT2D eigenvalue weighted by atomic mass is 9.57. The Hall–Kier alpha value is -2.01. The first-order chi connectivity index (χ1) is 12.7. The number of ether oxygens (including phenoxy) is 2. The van der Waals surface area contributed by atoms with E-state index >= 15 is 0 Å². The second-order valence-electron chi connectivity index (χ2n) is 7.96. The van der Waals surface area contributed by atoms with Gasteiger partial charge in [-0.15, -0.1) is 0 Å². The van der Waals surface area contributed by atoms with Crippen molar-refractivity contribution >= 4 is 11.7 Å². The lowest BCUT2D eigenvalue weighted by Crippen LogP contribution is -2.58. The number of fused-ring (bicyclic) bond motifs is 2. The van der Waals surface area contributed by atoms with Crippen molar-refractivity contribution in [3.63, 3.8) is 0 Å². The van der Waals surface area contributed by atoms with E-state index in [1.165, 1.54) is 12.7 Å². The summed E-state index contributed by atoms with van der Waals surface area (Å²) in [5, 5.41) is 3.64. The number of nitrogens with one attached hydrogen (secondary N) is 1. The molecule has 5 rings (SSSR count). The summed E-state index contributed by atoms with van der Waals surface area (Å²) in [6.45, 7) is 4.42. The van der Waals surface area contributed by atoms with Gasteiger partial charge in [0.1, 0.15) is 5.75 Å². The largest absolute Gasteiger partial charge is 0.495 e. The third-order valence-corrected chi connectivity index (χ3v) is 7.28. The molecule has 0 amide bonds. The molecule has 1 aromatic carbocycles. The minimum absolute atomic E-state index is 0.134. The fraction of sp³-hybridized carbons (Fsp3) is 0.571. The zero-order chi connectivity index (χ0) is 18.1. The average Bonchev–Trinajstić information content (AvgIpc) is 3.24. The summed E-state index contributed by atoms with van der Waals surface area (Å²) < 4.78 is 10.9. The fourth-order valence-electron chi connectivity index (χ4n) is 6.41. The first kappa shape index (κ1) is 16.2. The van der Waals surface area contributed by atoms with Gasteiger partial charge >= 0.3 is 5.97 Å². The molecule has 138 valence electrons. The summed E-state index contributed by atoms with van der Waals surface area (Å²) in [5.74, 6) is 1.45. The Morgan fingerprint density at radius 3 is 2.92 bits per heavy atom. The van der Waals surface area contributed by atoms with Gasteiger partial charge in [0.25, 0.3) is 0 Å². The third-order valence-electron chi connectivity index (χ3n) is 7.28. The van der Waals surface area contributed by atoms with E-state index in [9.17, 15) is 4.79 Å². The predicted octanol–water partition coefficient (Wildman–Crippen LogP) is 2.92. The standard InChI is InChI=1S/C21H26N2O3/c1-4-12-13-8-10-23-11-9-21(19(12)23)14-6-5-7-15(25-2)17(14)22-18(21)16(13)20(24)26-3/h5-7,12-13,19,22H,4,8-11H2,1-3H3/t12-,13-,19+,21+/m0/s1. The van der Waals surface area contributed by atoms with Crippen molar-refractivity contribution in [2.24, 2.45) is 11.8 Å². The molecular weight excluding hydrogens is 328 g/mol. The average molecular weight is 354 g/mol. The number of piperidine rings is 1. The summed E-state index contributed by atoms with van der Waals surface area (Å²) in [7, 11) is 3.21. The molecule has 1 aliphatic carbocycles. The Morgan fingerprint density at radius 1 is 1.35 bits per heavy atom. The highest BCUT2D eigenvalue weighted by Crippen LogP contribution is 2.63. The van der Waals surface area contributed by atoms with Gasteiger partial charge in [-0.25, -0.2) is 4.79 Å². The Balaban J connectivity index is 1.83. The Morgan fingerprint density at radius 2 is 2.19 bits per heavy atom. The van der Waals surface area contributed by atoms with Gasteiger partial charge < -0.3 is 14.8 Å². The number of methoxy groups -OCH3 is 2. The van der Waals surface area contributed by atoms with Gasteiger partial charge in [-0.3, -0.25) is 4.90 Å². The van der Waals surface area contributed by atoms with Crippen LogP contribution in [0.2, 0.25) is 0 Å². The molecule has 0 radical (unpaired) electrons. The van der Waals surface area contributed by atoms with Crippen molar-refractivity contribution in [3.8, 4) is 5.75 Å². The van der Waals surface area contributed by atoms with Gasteiger partial charge in [0.2, 0.25) is 0 Å². The van der Waals surface area contributed by atoms with Gasteiger partial charge in [-0.2, -0.15) is 0 Å². The maximum Gasteiger partial charge on any atom is 0.335 e. The molecule has 0 unspecified atom stereocenters. The maximum atomic E-state index is 12.9. The second kappa shape index (κ2) is 5.49. The first-order valence-electron chi connectivity index (χ1n) is 9.68. The number of esters is 1. The topological polar surface area (TPSA) is 50.8 Å². The van der Waals surface area contributed by atoms with Crippen molar-refractivity contribution in [2.45, 2.75) is 37.6 Å². The van der Waals surface area contributed by atoms with Crippen LogP contribution >= 0.6 is 0 Å². The number of para-hydroxylation sites is 1. The molecular formula is C21H26N2O3. The molecule has 4 atom stereocenters. The van der Waals surface area contributed by atoms with Crippen molar-refractivity contribution in [1.82, 2.24) is 4.90 Å². The fourth-order valence-corrected chi connectivity index (χ4v) is 6.41. The molecule has 1 N–H and O–H groups in total. The van der Waals surface area contributed by atoms with Gasteiger partial charge in [-0.1, -0.05) is 25.5 Å². The van der Waals surface area contributed by atoms with Crippen LogP contribution in [0.3, 0.4) is 0 Å². The van der Waals surface area contributed by atoms with Gasteiger partial charge in [-0.05, 0) is 49.4 Å². The van der Waals surface area contributed by atoms with E-state index in [0.717, 1.165) is 55.1 Å². The maximum absolute atomic E-state index is 12.9. The van der Waals surface area contributed by atoms with Crippen LogP contribution in [0.4, 0.5) is 5.69 Å². The van der Waals surface area contributed by atoms with Crippen LogP contribution < -0.4 is 10.1 Å². The summed E-state index contributed by atoms with van der Waals surface area (Å²) in [4.78, 5) is 15.5. The number of hydrogen-bond acceptors (Lipinski definition) is 5. The molecule has 2 saturated heterocycles. The zero-order valence-corrected chi connectivity index (χ0v) is 15.7. The molecule has 26 heavy (non-hydrogen) atoms. The monoisotopic (exact) mass is 354 g/mol. The summed E-state index contributed by atoms with van der Waals surface area (Å²) >= 11 is 0. The summed E-state index contributed by atoms with van der Waals surface area (Å²) in [5.41, 5.74) is 4.17. The van der Waals surface area contributed by atoms with Crippen molar-refractivity contribution in [2.75, 3.05) is 32.6 Å². The van der Waals surface area contributed by atoms with E-state index in [1.54, 1.807) is 7.11 Å². The Kier molecular flexibility index (Phi) is 3.42. The number of benzene rings is 1. The minimum atomic E-state index is -0.166. The van der Waals surface area contributed by atoms with Crippen LogP contribution in [0, 0.1) is 11.8 Å². The van der Waals surface area contributed by atoms with Gasteiger partial charge in [0.15, 0.2) is 0 Å². The van der Waals surface area contributed by atoms with Crippen LogP contribution in [-0.2, 0) is 14.9 Å². The van der Waals surface area contributed by atoms with Gasteiger partial charge in [0, 0.05) is 11.7 Å². The molecule has 0 aromatic heterocycles. The van der Waals surface area contributed by atoms with E-state index in [-0.39, 0.29) is 17.3 Å². The van der Waals surface area contributed by atoms with Crippen LogP contribution in [0.5, 0.6) is 5.75 Å². The number of carbonyl (C=O) groups is 1. The molecule has 2 fully saturated rings. The smallest absolute Gasteiger partial charge is 0.335 e. The highest BCUT2D eigenvalue weighted by atomic mass is 16.5. The second-order valence-corrected chi connectivity index (χ2v) is 7.96. The van der Waals surface area contributed by atoms with Crippen LogP contribution in [0.1, 0.15) is 31.7 Å². The molecule has 0 saturated carbocycles. The summed E-state index contributed by atoms with van der Waals surface area (Å²) in [6, 6.07) is 6.75. The van der Waals surface area contributed by atoms with E-state index in [2.05, 4.69) is 29.3 Å². The summed E-state index contributed by atoms with van der Waals surface area (Å²) in [6.07, 6.45) is 3.17. The zero-order valence-electron chi connectivity index (χ0n) is 15.7. The SMILES string of the molecule is CC[C@H]1[C@@H]2CCN3CC[C@@]4(C(=C2C(=O)OC)Nc2c(OC)cccc24)[C@@H]13. The highest BCUT2D eigenvalue weighted by Gasteiger charge is 2.64. The van der Waals surface area contributed by atoms with E-state index in [1.807, 2.05) is 6.07 Å². The van der Waals surface area contributed by atoms with Gasteiger partial charge in [0.05, 0.1) is 30.9 Å². The minimum Gasteiger partial charge on any atom is -0.495 e. The Bertz CT molecular complexity index is 817. The predicted molar refractivity (Wildman–Crippen MR) is 99.2 cm³/mol. The van der Waals surface area contributed by atoms with E-state index in [4.69, 9.17) is 9.47 Å². The number of rotatable bonds is 3. The van der Waals surface area contributed by atoms with Crippen molar-refractivity contribution in [1.29, 1.82) is 0 Å². The molecule has 3 aliphatic heterocycles. The molecule has 4 aliphatic rings. The lowest BCUT2D eigenvalue weighted by Gasteiger charge is -2.52. The quantitative estimate of drug-likeness (QED) is 0.846. The number of anilines is 1. The van der Waals surface area contributed by atoms with Crippen molar-refractivity contribution in [3.05, 3.63) is 35.0 Å². The highest BCUT2D eigenvalue weighted by molar-refractivity contribution is 5.94. The van der Waals surface area contributed by atoms with Crippen LogP contribution in [0.25, 0.3) is 0 Å². The van der Waals surface area contributed by atoms with Crippen LogP contribution in [0.15, 0.2) is 29.5 Å². The molecule has 5 nitrogen and oxygen atoms in total. The molecule has 5 heteroatoms. The Labute approximate surface area is 154 Å². The first-order valence-corrected chi connectivity index (χ1v) is 9.68. The lowest BCUT2D eigenvalue weighted by molar-refractivity contribution is -0.138. The molecule has 2 bridgehead atoms. The van der Waals surface area contributed by atoms with E-state index < -0.39 is 0 Å². The van der Waals surface area contributed by atoms with Crippen molar-refractivity contribution < 1.29 is 14.3 Å².